The van der Waals surface area contributed by atoms with Gasteiger partial charge in [-0.1, -0.05) is 0 Å². The third-order valence-electron chi connectivity index (χ3n) is 2.20. The number of amides is 3. The Bertz CT molecular complexity index is 200. The van der Waals surface area contributed by atoms with Crippen LogP contribution in [0.25, 0.3) is 0 Å². The predicted octanol–water partition coefficient (Wildman–Crippen LogP) is -0.429. The van der Waals surface area contributed by atoms with Crippen LogP contribution in [-0.2, 0) is 4.79 Å². The van der Waals surface area contributed by atoms with Crippen LogP contribution in [0.3, 0.4) is 0 Å². The largest absolute Gasteiger partial charge is 0.351 e. The number of primary amides is 1. The SMILES string of the molecule is NC(=O)NC(=O)CCC1CCNC1. The van der Waals surface area contributed by atoms with Crippen molar-refractivity contribution in [2.75, 3.05) is 13.1 Å². The Morgan fingerprint density at radius 2 is 2.31 bits per heavy atom. The Morgan fingerprint density at radius 3 is 2.85 bits per heavy atom. The molecule has 5 nitrogen and oxygen atoms in total. The Balaban J connectivity index is 2.10. The molecule has 1 atom stereocenters. The van der Waals surface area contributed by atoms with Crippen molar-refractivity contribution in [1.82, 2.24) is 10.6 Å². The summed E-state index contributed by atoms with van der Waals surface area (Å²) in [6.45, 7) is 2.01. The topological polar surface area (TPSA) is 84.2 Å². The molecule has 5 heteroatoms. The van der Waals surface area contributed by atoms with E-state index in [1.807, 2.05) is 5.32 Å². The van der Waals surface area contributed by atoms with Gasteiger partial charge in [-0.25, -0.2) is 4.79 Å². The lowest BCUT2D eigenvalue weighted by Crippen LogP contribution is -2.35. The molecule has 13 heavy (non-hydrogen) atoms. The van der Waals surface area contributed by atoms with Gasteiger partial charge >= 0.3 is 6.03 Å². The van der Waals surface area contributed by atoms with E-state index in [4.69, 9.17) is 5.73 Å². The molecule has 3 amide bonds. The summed E-state index contributed by atoms with van der Waals surface area (Å²) in [4.78, 5) is 21.3. The van der Waals surface area contributed by atoms with Gasteiger partial charge in [0, 0.05) is 6.42 Å². The van der Waals surface area contributed by atoms with Crippen LogP contribution < -0.4 is 16.4 Å². The van der Waals surface area contributed by atoms with Gasteiger partial charge in [0.15, 0.2) is 0 Å². The first-order valence-electron chi connectivity index (χ1n) is 4.48. The number of imide groups is 1. The number of rotatable bonds is 3. The van der Waals surface area contributed by atoms with E-state index < -0.39 is 6.03 Å². The molecule has 0 aromatic heterocycles. The van der Waals surface area contributed by atoms with E-state index in [-0.39, 0.29) is 5.91 Å². The Morgan fingerprint density at radius 1 is 1.54 bits per heavy atom. The van der Waals surface area contributed by atoms with Crippen LogP contribution >= 0.6 is 0 Å². The first-order valence-corrected chi connectivity index (χ1v) is 4.48. The highest BCUT2D eigenvalue weighted by molar-refractivity contribution is 5.93. The number of hydrogen-bond acceptors (Lipinski definition) is 3. The molecule has 74 valence electrons. The number of nitrogens with two attached hydrogens (primary N) is 1. The number of nitrogens with one attached hydrogen (secondary N) is 2. The second kappa shape index (κ2) is 4.81. The van der Waals surface area contributed by atoms with E-state index in [0.717, 1.165) is 25.9 Å². The highest BCUT2D eigenvalue weighted by Crippen LogP contribution is 2.13. The summed E-state index contributed by atoms with van der Waals surface area (Å²) in [5.74, 6) is 0.290. The number of urea groups is 1. The molecule has 0 spiro atoms. The molecule has 1 saturated heterocycles. The minimum Gasteiger partial charge on any atom is -0.351 e. The number of carbonyl (C=O) groups excluding carboxylic acids is 2. The van der Waals surface area contributed by atoms with Crippen LogP contribution in [0.4, 0.5) is 4.79 Å². The lowest BCUT2D eigenvalue weighted by atomic mass is 10.0. The molecule has 1 fully saturated rings. The van der Waals surface area contributed by atoms with E-state index in [1.165, 1.54) is 0 Å². The van der Waals surface area contributed by atoms with Crippen molar-refractivity contribution >= 4 is 11.9 Å². The minimum atomic E-state index is -0.769. The van der Waals surface area contributed by atoms with E-state index in [2.05, 4.69) is 5.32 Å². The van der Waals surface area contributed by atoms with Gasteiger partial charge in [-0.05, 0) is 31.8 Å². The first-order chi connectivity index (χ1) is 6.18. The van der Waals surface area contributed by atoms with Crippen molar-refractivity contribution in [3.63, 3.8) is 0 Å². The maximum Gasteiger partial charge on any atom is 0.318 e. The average Bonchev–Trinajstić information content (AvgIpc) is 2.51. The quantitative estimate of drug-likeness (QED) is 0.558. The van der Waals surface area contributed by atoms with Crippen molar-refractivity contribution in [3.05, 3.63) is 0 Å². The maximum absolute atomic E-state index is 11.0. The highest BCUT2D eigenvalue weighted by Gasteiger charge is 2.15. The second-order valence-electron chi connectivity index (χ2n) is 3.31. The molecule has 0 bridgehead atoms. The van der Waals surface area contributed by atoms with Crippen LogP contribution in [-0.4, -0.2) is 25.0 Å². The lowest BCUT2D eigenvalue weighted by molar-refractivity contribution is -0.120. The van der Waals surface area contributed by atoms with Crippen LogP contribution in [0.15, 0.2) is 0 Å². The number of carbonyl (C=O) groups is 2. The van der Waals surface area contributed by atoms with E-state index in [0.29, 0.717) is 12.3 Å². The summed E-state index contributed by atoms with van der Waals surface area (Å²) >= 11 is 0. The van der Waals surface area contributed by atoms with Crippen molar-refractivity contribution in [2.24, 2.45) is 11.7 Å². The zero-order chi connectivity index (χ0) is 9.68. The van der Waals surface area contributed by atoms with Crippen molar-refractivity contribution in [2.45, 2.75) is 19.3 Å². The van der Waals surface area contributed by atoms with Gasteiger partial charge in [0.1, 0.15) is 0 Å². The molecule has 0 aromatic rings. The summed E-state index contributed by atoms with van der Waals surface area (Å²) in [6.07, 6.45) is 2.32. The molecule has 1 aliphatic heterocycles. The fourth-order valence-corrected chi connectivity index (χ4v) is 1.50. The zero-order valence-corrected chi connectivity index (χ0v) is 7.51. The van der Waals surface area contributed by atoms with Gasteiger partial charge in [0.2, 0.25) is 5.91 Å². The normalized spacial score (nSPS) is 21.4. The minimum absolute atomic E-state index is 0.278. The predicted molar refractivity (Wildman–Crippen MR) is 47.9 cm³/mol. The average molecular weight is 185 g/mol. The summed E-state index contributed by atoms with van der Waals surface area (Å²) < 4.78 is 0. The molecule has 1 unspecified atom stereocenters. The molecule has 0 radical (unpaired) electrons. The smallest absolute Gasteiger partial charge is 0.318 e. The number of hydrogen-bond donors (Lipinski definition) is 3. The third-order valence-corrected chi connectivity index (χ3v) is 2.20. The molecular weight excluding hydrogens is 170 g/mol. The molecule has 0 aromatic carbocycles. The van der Waals surface area contributed by atoms with Gasteiger partial charge < -0.3 is 11.1 Å². The molecule has 1 aliphatic rings. The van der Waals surface area contributed by atoms with Crippen LogP contribution in [0.1, 0.15) is 19.3 Å². The molecular formula is C8H15N3O2. The fourth-order valence-electron chi connectivity index (χ4n) is 1.50. The van der Waals surface area contributed by atoms with E-state index >= 15 is 0 Å². The Labute approximate surface area is 77.1 Å². The summed E-state index contributed by atoms with van der Waals surface area (Å²) in [5, 5.41) is 5.26. The zero-order valence-electron chi connectivity index (χ0n) is 7.51. The van der Waals surface area contributed by atoms with Crippen LogP contribution in [0.5, 0.6) is 0 Å². The lowest BCUT2D eigenvalue weighted by Gasteiger charge is -2.06. The van der Waals surface area contributed by atoms with Gasteiger partial charge in [-0.15, -0.1) is 0 Å². The summed E-state index contributed by atoms with van der Waals surface area (Å²) in [6, 6.07) is -0.769. The molecule has 0 aliphatic carbocycles. The second-order valence-corrected chi connectivity index (χ2v) is 3.31. The highest BCUT2D eigenvalue weighted by atomic mass is 16.2. The van der Waals surface area contributed by atoms with Crippen LogP contribution in [0.2, 0.25) is 0 Å². The fraction of sp³-hybridized carbons (Fsp3) is 0.750. The van der Waals surface area contributed by atoms with Gasteiger partial charge in [-0.3, -0.25) is 10.1 Å². The van der Waals surface area contributed by atoms with Gasteiger partial charge in [0.05, 0.1) is 0 Å². The monoisotopic (exact) mass is 185 g/mol. The Kier molecular flexibility index (Phi) is 3.70. The maximum atomic E-state index is 11.0. The summed E-state index contributed by atoms with van der Waals surface area (Å²) in [5.41, 5.74) is 4.79. The van der Waals surface area contributed by atoms with Crippen molar-refractivity contribution in [1.29, 1.82) is 0 Å². The molecule has 0 saturated carbocycles. The van der Waals surface area contributed by atoms with E-state index in [1.54, 1.807) is 0 Å². The third kappa shape index (κ3) is 3.89. The molecule has 4 N–H and O–H groups in total. The first kappa shape index (κ1) is 9.98. The van der Waals surface area contributed by atoms with Gasteiger partial charge in [-0.2, -0.15) is 0 Å². The standard InChI is InChI=1S/C8H15N3O2/c9-8(13)11-7(12)2-1-6-3-4-10-5-6/h6,10H,1-5H2,(H3,9,11,12,13). The van der Waals surface area contributed by atoms with Crippen LogP contribution in [0, 0.1) is 5.92 Å². The molecule has 1 heterocycles. The van der Waals surface area contributed by atoms with Gasteiger partial charge in [0.25, 0.3) is 0 Å². The van der Waals surface area contributed by atoms with Crippen molar-refractivity contribution < 1.29 is 9.59 Å². The molecule has 1 rings (SSSR count). The van der Waals surface area contributed by atoms with E-state index in [9.17, 15) is 9.59 Å². The Hall–Kier alpha value is -1.10. The van der Waals surface area contributed by atoms with Crippen molar-refractivity contribution in [3.8, 4) is 0 Å². The summed E-state index contributed by atoms with van der Waals surface area (Å²) in [7, 11) is 0.